The molecule has 4 rings (SSSR count). The first-order chi connectivity index (χ1) is 13.3. The van der Waals surface area contributed by atoms with Gasteiger partial charge in [-0.15, -0.1) is 0 Å². The van der Waals surface area contributed by atoms with Crippen molar-refractivity contribution < 1.29 is 17.6 Å². The zero-order valence-corrected chi connectivity index (χ0v) is 15.1. The lowest BCUT2D eigenvalue weighted by molar-refractivity contribution is -0.137. The highest BCUT2D eigenvalue weighted by atomic mass is 19.4. The molecule has 8 heteroatoms. The van der Waals surface area contributed by atoms with Gasteiger partial charge in [-0.1, -0.05) is 12.1 Å². The first-order valence-corrected chi connectivity index (χ1v) is 8.87. The summed E-state index contributed by atoms with van der Waals surface area (Å²) in [5, 5.41) is 0. The van der Waals surface area contributed by atoms with Crippen LogP contribution >= 0.6 is 0 Å². The van der Waals surface area contributed by atoms with E-state index >= 15 is 0 Å². The molecule has 0 fully saturated rings. The SMILES string of the molecule is Cc1ccc(CN2CCc3nc(-c4ccc(C(F)(F)F)cc4)[nH]c(=O)c3C2)o1. The molecule has 0 saturated heterocycles. The second-order valence-electron chi connectivity index (χ2n) is 6.89. The Kier molecular flexibility index (Phi) is 4.58. The van der Waals surface area contributed by atoms with Crippen molar-refractivity contribution in [1.82, 2.24) is 14.9 Å². The quantitative estimate of drug-likeness (QED) is 0.738. The van der Waals surface area contributed by atoms with Crippen LogP contribution in [-0.2, 0) is 25.7 Å². The number of furan rings is 1. The van der Waals surface area contributed by atoms with E-state index in [2.05, 4.69) is 14.9 Å². The topological polar surface area (TPSA) is 62.1 Å². The van der Waals surface area contributed by atoms with Gasteiger partial charge >= 0.3 is 6.18 Å². The number of aromatic amines is 1. The van der Waals surface area contributed by atoms with Crippen LogP contribution in [0.1, 0.15) is 28.3 Å². The minimum atomic E-state index is -4.40. The van der Waals surface area contributed by atoms with Crippen LogP contribution in [-0.4, -0.2) is 21.4 Å². The summed E-state index contributed by atoms with van der Waals surface area (Å²) in [6.45, 7) is 3.65. The highest BCUT2D eigenvalue weighted by molar-refractivity contribution is 5.56. The Morgan fingerprint density at radius 2 is 1.93 bits per heavy atom. The van der Waals surface area contributed by atoms with Crippen molar-refractivity contribution in [2.75, 3.05) is 6.54 Å². The molecule has 0 saturated carbocycles. The summed E-state index contributed by atoms with van der Waals surface area (Å²) in [6.07, 6.45) is -3.81. The highest BCUT2D eigenvalue weighted by Gasteiger charge is 2.30. The van der Waals surface area contributed by atoms with Crippen LogP contribution in [0.3, 0.4) is 0 Å². The average Bonchev–Trinajstić information content (AvgIpc) is 3.06. The van der Waals surface area contributed by atoms with Gasteiger partial charge < -0.3 is 9.40 Å². The van der Waals surface area contributed by atoms with Gasteiger partial charge in [-0.3, -0.25) is 9.69 Å². The number of rotatable bonds is 3. The zero-order valence-electron chi connectivity index (χ0n) is 15.1. The molecule has 0 radical (unpaired) electrons. The van der Waals surface area contributed by atoms with E-state index in [1.165, 1.54) is 12.1 Å². The number of hydrogen-bond acceptors (Lipinski definition) is 4. The molecule has 3 heterocycles. The second-order valence-corrected chi connectivity index (χ2v) is 6.89. The predicted molar refractivity (Wildman–Crippen MR) is 96.6 cm³/mol. The molecule has 1 aliphatic rings. The Bertz CT molecular complexity index is 1050. The van der Waals surface area contributed by atoms with E-state index in [0.29, 0.717) is 36.3 Å². The standard InChI is InChI=1S/C20H18F3N3O2/c1-12-2-7-15(28-12)10-26-9-8-17-16(11-26)19(27)25-18(24-17)13-3-5-14(6-4-13)20(21,22)23/h2-7H,8-11H2,1H3,(H,24,25,27). The average molecular weight is 389 g/mol. The minimum absolute atomic E-state index is 0.264. The number of aromatic nitrogens is 2. The maximum Gasteiger partial charge on any atom is 0.416 e. The number of alkyl halides is 3. The summed E-state index contributed by atoms with van der Waals surface area (Å²) in [7, 11) is 0. The highest BCUT2D eigenvalue weighted by Crippen LogP contribution is 2.30. The van der Waals surface area contributed by atoms with Gasteiger partial charge in [-0.2, -0.15) is 13.2 Å². The monoisotopic (exact) mass is 389 g/mol. The number of halogens is 3. The van der Waals surface area contributed by atoms with Crippen LogP contribution in [0.15, 0.2) is 45.6 Å². The van der Waals surface area contributed by atoms with E-state index in [4.69, 9.17) is 4.42 Å². The van der Waals surface area contributed by atoms with E-state index < -0.39 is 11.7 Å². The van der Waals surface area contributed by atoms with E-state index in [0.717, 1.165) is 30.2 Å². The summed E-state index contributed by atoms with van der Waals surface area (Å²) >= 11 is 0. The Hall–Kier alpha value is -2.87. The summed E-state index contributed by atoms with van der Waals surface area (Å²) in [5.74, 6) is 1.97. The lowest BCUT2D eigenvalue weighted by atomic mass is 10.1. The molecule has 5 nitrogen and oxygen atoms in total. The largest absolute Gasteiger partial charge is 0.465 e. The number of hydrogen-bond donors (Lipinski definition) is 1. The van der Waals surface area contributed by atoms with Crippen LogP contribution in [0.5, 0.6) is 0 Å². The third kappa shape index (κ3) is 3.73. The van der Waals surface area contributed by atoms with Gasteiger partial charge in [0, 0.05) is 25.1 Å². The number of nitrogens with one attached hydrogen (secondary N) is 1. The van der Waals surface area contributed by atoms with Crippen molar-refractivity contribution in [2.45, 2.75) is 32.6 Å². The van der Waals surface area contributed by atoms with Gasteiger partial charge in [0.15, 0.2) is 0 Å². The van der Waals surface area contributed by atoms with Gasteiger partial charge in [-0.25, -0.2) is 4.98 Å². The molecule has 0 aliphatic carbocycles. The van der Waals surface area contributed by atoms with Crippen molar-refractivity contribution in [2.24, 2.45) is 0 Å². The lowest BCUT2D eigenvalue weighted by Gasteiger charge is -2.26. The van der Waals surface area contributed by atoms with E-state index in [9.17, 15) is 18.0 Å². The molecule has 0 unspecified atom stereocenters. The Balaban J connectivity index is 1.56. The Morgan fingerprint density at radius 1 is 1.18 bits per heavy atom. The van der Waals surface area contributed by atoms with Gasteiger partial charge in [0.25, 0.3) is 5.56 Å². The van der Waals surface area contributed by atoms with Gasteiger partial charge in [0.1, 0.15) is 17.3 Å². The molecule has 1 aromatic carbocycles. The molecule has 146 valence electrons. The number of nitrogens with zero attached hydrogens (tertiary/aromatic N) is 2. The van der Waals surface area contributed by atoms with Crippen molar-refractivity contribution in [3.8, 4) is 11.4 Å². The summed E-state index contributed by atoms with van der Waals surface area (Å²) < 4.78 is 43.8. The molecular formula is C20H18F3N3O2. The fourth-order valence-corrected chi connectivity index (χ4v) is 3.36. The summed E-state index contributed by atoms with van der Waals surface area (Å²) in [5.41, 5.74) is 0.720. The van der Waals surface area contributed by atoms with Crippen LogP contribution in [0.2, 0.25) is 0 Å². The molecule has 1 aliphatic heterocycles. The number of benzene rings is 1. The minimum Gasteiger partial charge on any atom is -0.465 e. The van der Waals surface area contributed by atoms with E-state index in [1.807, 2.05) is 19.1 Å². The molecule has 28 heavy (non-hydrogen) atoms. The van der Waals surface area contributed by atoms with Gasteiger partial charge in [0.05, 0.1) is 23.4 Å². The van der Waals surface area contributed by atoms with Crippen LogP contribution < -0.4 is 5.56 Å². The molecule has 3 aromatic rings. The third-order valence-corrected chi connectivity index (χ3v) is 4.81. The molecule has 0 bridgehead atoms. The van der Waals surface area contributed by atoms with Crippen LogP contribution in [0.4, 0.5) is 13.2 Å². The third-order valence-electron chi connectivity index (χ3n) is 4.81. The van der Waals surface area contributed by atoms with E-state index in [-0.39, 0.29) is 11.4 Å². The number of H-pyrrole nitrogens is 1. The number of aryl methyl sites for hydroxylation is 1. The molecule has 0 atom stereocenters. The summed E-state index contributed by atoms with van der Waals surface area (Å²) in [4.78, 5) is 21.9. The van der Waals surface area contributed by atoms with Crippen molar-refractivity contribution in [3.05, 3.63) is 75.1 Å². The number of fused-ring (bicyclic) bond motifs is 1. The van der Waals surface area contributed by atoms with E-state index in [1.54, 1.807) is 0 Å². The van der Waals surface area contributed by atoms with Crippen molar-refractivity contribution >= 4 is 0 Å². The van der Waals surface area contributed by atoms with Gasteiger partial charge in [0.2, 0.25) is 0 Å². The maximum atomic E-state index is 12.7. The normalized spacial score (nSPS) is 14.9. The molecule has 1 N–H and O–H groups in total. The smallest absolute Gasteiger partial charge is 0.416 e. The van der Waals surface area contributed by atoms with Crippen LogP contribution in [0, 0.1) is 6.92 Å². The molecule has 0 spiro atoms. The second kappa shape index (κ2) is 6.94. The predicted octanol–water partition coefficient (Wildman–Crippen LogP) is 3.92. The molecule has 0 amide bonds. The van der Waals surface area contributed by atoms with Crippen molar-refractivity contribution in [1.29, 1.82) is 0 Å². The maximum absolute atomic E-state index is 12.7. The fourth-order valence-electron chi connectivity index (χ4n) is 3.36. The van der Waals surface area contributed by atoms with Crippen LogP contribution in [0.25, 0.3) is 11.4 Å². The fraction of sp³-hybridized carbons (Fsp3) is 0.300. The lowest BCUT2D eigenvalue weighted by Crippen LogP contribution is -2.35. The summed E-state index contributed by atoms with van der Waals surface area (Å²) in [6, 6.07) is 8.44. The Morgan fingerprint density at radius 3 is 2.57 bits per heavy atom. The Labute approximate surface area is 158 Å². The van der Waals surface area contributed by atoms with Gasteiger partial charge in [-0.05, 0) is 31.2 Å². The molecule has 2 aromatic heterocycles. The zero-order chi connectivity index (χ0) is 19.9. The molecular weight excluding hydrogens is 371 g/mol. The van der Waals surface area contributed by atoms with Crippen molar-refractivity contribution in [3.63, 3.8) is 0 Å². The first kappa shape index (κ1) is 18.5. The first-order valence-electron chi connectivity index (χ1n) is 8.87.